The van der Waals surface area contributed by atoms with Gasteiger partial charge in [-0.15, -0.1) is 0 Å². The van der Waals surface area contributed by atoms with Gasteiger partial charge in [-0.3, -0.25) is 4.79 Å². The molecule has 0 aromatic carbocycles. The van der Waals surface area contributed by atoms with E-state index in [1.54, 1.807) is 6.92 Å². The molecule has 0 aromatic rings. The van der Waals surface area contributed by atoms with Crippen LogP contribution in [0.25, 0.3) is 0 Å². The van der Waals surface area contributed by atoms with E-state index in [2.05, 4.69) is 32.9 Å². The molecule has 4 heteroatoms. The number of hydrogen-bond donors (Lipinski definition) is 1. The predicted octanol–water partition coefficient (Wildman–Crippen LogP) is -1.05. The Morgan fingerprint density at radius 2 is 1.76 bits per heavy atom. The highest BCUT2D eigenvalue weighted by atomic mass is 35.5. The van der Waals surface area contributed by atoms with Crippen LogP contribution in [0.1, 0.15) is 33.1 Å². The average molecular weight is 263 g/mol. The highest BCUT2D eigenvalue weighted by molar-refractivity contribution is 5.91. The summed E-state index contributed by atoms with van der Waals surface area (Å²) in [4.78, 5) is 11.2. The summed E-state index contributed by atoms with van der Waals surface area (Å²) in [6, 6.07) is 0. The lowest BCUT2D eigenvalue weighted by atomic mass is 10.2. The second-order valence-corrected chi connectivity index (χ2v) is 5.13. The highest BCUT2D eigenvalue weighted by Crippen LogP contribution is 2.02. The normalized spacial score (nSPS) is 10.6. The van der Waals surface area contributed by atoms with Gasteiger partial charge in [0, 0.05) is 18.5 Å². The van der Waals surface area contributed by atoms with Gasteiger partial charge in [0.2, 0.25) is 5.91 Å². The van der Waals surface area contributed by atoms with Crippen molar-refractivity contribution in [1.29, 1.82) is 0 Å². The molecule has 0 spiro atoms. The van der Waals surface area contributed by atoms with Crippen LogP contribution in [0.15, 0.2) is 12.2 Å². The first kappa shape index (κ1) is 18.8. The predicted molar refractivity (Wildman–Crippen MR) is 69.2 cm³/mol. The van der Waals surface area contributed by atoms with Crippen molar-refractivity contribution in [2.75, 3.05) is 33.7 Å². The summed E-state index contributed by atoms with van der Waals surface area (Å²) in [7, 11) is 4.49. The Morgan fingerprint density at radius 1 is 1.24 bits per heavy atom. The summed E-state index contributed by atoms with van der Waals surface area (Å²) < 4.78 is 1.04. The van der Waals surface area contributed by atoms with E-state index >= 15 is 0 Å². The molecule has 0 aliphatic rings. The standard InChI is InChI=1S/C13H26N2O.ClH/c1-6-7-10-15(4,5)11-8-9-14-13(16)12(2)3;/h2,6-11H2,1,3-5H3;1H. The molecule has 0 aliphatic heterocycles. The van der Waals surface area contributed by atoms with Crippen LogP contribution in [0.4, 0.5) is 0 Å². The highest BCUT2D eigenvalue weighted by Gasteiger charge is 2.13. The summed E-state index contributed by atoms with van der Waals surface area (Å²) in [5.41, 5.74) is 0.583. The van der Waals surface area contributed by atoms with Crippen molar-refractivity contribution in [3.05, 3.63) is 12.2 Å². The molecule has 0 aliphatic carbocycles. The molecular formula is C13H27ClN2O. The molecule has 3 nitrogen and oxygen atoms in total. The van der Waals surface area contributed by atoms with Gasteiger partial charge in [-0.2, -0.15) is 0 Å². The molecule has 1 amide bonds. The SMILES string of the molecule is C=C(C)C(=O)NCCC[N+](C)(C)CCCC.[Cl-]. The zero-order valence-corrected chi connectivity index (χ0v) is 12.4. The summed E-state index contributed by atoms with van der Waals surface area (Å²) in [5, 5.41) is 2.86. The second-order valence-electron chi connectivity index (χ2n) is 5.13. The molecule has 1 N–H and O–H groups in total. The van der Waals surface area contributed by atoms with Gasteiger partial charge in [0.25, 0.3) is 0 Å². The third-order valence-electron chi connectivity index (χ3n) is 2.73. The summed E-state index contributed by atoms with van der Waals surface area (Å²) in [6.45, 7) is 10.6. The number of quaternary nitrogens is 1. The number of amides is 1. The van der Waals surface area contributed by atoms with Gasteiger partial charge in [-0.25, -0.2) is 0 Å². The van der Waals surface area contributed by atoms with Crippen LogP contribution < -0.4 is 17.7 Å². The largest absolute Gasteiger partial charge is 1.00 e. The molecule has 0 fully saturated rings. The first-order valence-electron chi connectivity index (χ1n) is 6.15. The average Bonchev–Trinajstić information content (AvgIpc) is 2.21. The lowest BCUT2D eigenvalue weighted by Crippen LogP contribution is -3.00. The molecule has 0 unspecified atom stereocenters. The summed E-state index contributed by atoms with van der Waals surface area (Å²) >= 11 is 0. The molecule has 0 atom stereocenters. The van der Waals surface area contributed by atoms with Gasteiger partial charge in [0.15, 0.2) is 0 Å². The van der Waals surface area contributed by atoms with Crippen LogP contribution in [-0.4, -0.2) is 44.1 Å². The Balaban J connectivity index is 0. The maximum absolute atomic E-state index is 11.2. The number of halogens is 1. The van der Waals surface area contributed by atoms with Crippen molar-refractivity contribution in [2.24, 2.45) is 0 Å². The number of carbonyl (C=O) groups excluding carboxylic acids is 1. The van der Waals surface area contributed by atoms with Crippen LogP contribution in [-0.2, 0) is 4.79 Å². The first-order chi connectivity index (χ1) is 7.39. The van der Waals surface area contributed by atoms with Crippen molar-refractivity contribution >= 4 is 5.91 Å². The number of unbranched alkanes of at least 4 members (excludes halogenated alkanes) is 1. The zero-order valence-electron chi connectivity index (χ0n) is 11.7. The molecule has 0 saturated heterocycles. The Labute approximate surface area is 112 Å². The molecule has 0 saturated carbocycles. The molecule has 102 valence electrons. The lowest BCUT2D eigenvalue weighted by molar-refractivity contribution is -0.890. The van der Waals surface area contributed by atoms with Gasteiger partial charge in [0.1, 0.15) is 0 Å². The lowest BCUT2D eigenvalue weighted by Gasteiger charge is -2.29. The minimum absolute atomic E-state index is 0. The maximum Gasteiger partial charge on any atom is 0.246 e. The van der Waals surface area contributed by atoms with Crippen molar-refractivity contribution in [3.63, 3.8) is 0 Å². The van der Waals surface area contributed by atoms with E-state index in [0.717, 1.165) is 24.0 Å². The molecule has 0 bridgehead atoms. The topological polar surface area (TPSA) is 29.1 Å². The summed E-state index contributed by atoms with van der Waals surface area (Å²) in [5.74, 6) is -0.0288. The van der Waals surface area contributed by atoms with Gasteiger partial charge in [-0.1, -0.05) is 19.9 Å². The fourth-order valence-corrected chi connectivity index (χ4v) is 1.56. The Bertz CT molecular complexity index is 240. The van der Waals surface area contributed by atoms with E-state index in [4.69, 9.17) is 0 Å². The minimum atomic E-state index is -0.0288. The van der Waals surface area contributed by atoms with E-state index in [1.807, 2.05) is 0 Å². The van der Waals surface area contributed by atoms with Crippen LogP contribution in [0, 0.1) is 0 Å². The van der Waals surface area contributed by atoms with Gasteiger partial charge >= 0.3 is 0 Å². The molecule has 0 aromatic heterocycles. The van der Waals surface area contributed by atoms with E-state index in [1.165, 1.54) is 19.4 Å². The van der Waals surface area contributed by atoms with Crippen molar-refractivity contribution < 1.29 is 21.7 Å². The van der Waals surface area contributed by atoms with E-state index in [-0.39, 0.29) is 18.3 Å². The number of hydrogen-bond acceptors (Lipinski definition) is 1. The monoisotopic (exact) mass is 262 g/mol. The number of rotatable bonds is 8. The summed E-state index contributed by atoms with van der Waals surface area (Å²) in [6.07, 6.45) is 3.54. The quantitative estimate of drug-likeness (QED) is 0.338. The van der Waals surface area contributed by atoms with E-state index in [9.17, 15) is 4.79 Å². The van der Waals surface area contributed by atoms with Crippen molar-refractivity contribution in [2.45, 2.75) is 33.1 Å². The smallest absolute Gasteiger partial charge is 0.246 e. The second kappa shape index (κ2) is 9.49. The van der Waals surface area contributed by atoms with E-state index in [0.29, 0.717) is 5.57 Å². The molecule has 0 rings (SSSR count). The molecular weight excluding hydrogens is 236 g/mol. The van der Waals surface area contributed by atoms with Crippen molar-refractivity contribution in [1.82, 2.24) is 5.32 Å². The van der Waals surface area contributed by atoms with Crippen LogP contribution in [0.3, 0.4) is 0 Å². The fraction of sp³-hybridized carbons (Fsp3) is 0.769. The van der Waals surface area contributed by atoms with Crippen LogP contribution in [0.2, 0.25) is 0 Å². The van der Waals surface area contributed by atoms with E-state index < -0.39 is 0 Å². The van der Waals surface area contributed by atoms with Gasteiger partial charge in [0.05, 0.1) is 27.2 Å². The number of nitrogens with one attached hydrogen (secondary N) is 1. The number of carbonyl (C=O) groups is 1. The molecule has 0 heterocycles. The van der Waals surface area contributed by atoms with Crippen LogP contribution in [0.5, 0.6) is 0 Å². The third kappa shape index (κ3) is 10.3. The minimum Gasteiger partial charge on any atom is -1.00 e. The first-order valence-corrected chi connectivity index (χ1v) is 6.15. The maximum atomic E-state index is 11.2. The van der Waals surface area contributed by atoms with Gasteiger partial charge < -0.3 is 22.2 Å². The Morgan fingerprint density at radius 3 is 2.24 bits per heavy atom. The molecule has 17 heavy (non-hydrogen) atoms. The van der Waals surface area contributed by atoms with Crippen molar-refractivity contribution in [3.8, 4) is 0 Å². The Kier molecular flexibility index (Phi) is 10.5. The van der Waals surface area contributed by atoms with Crippen LogP contribution >= 0.6 is 0 Å². The fourth-order valence-electron chi connectivity index (χ4n) is 1.56. The van der Waals surface area contributed by atoms with Gasteiger partial charge in [-0.05, 0) is 13.3 Å². The zero-order chi connectivity index (χ0) is 12.6. The third-order valence-corrected chi connectivity index (χ3v) is 2.73. The Hall–Kier alpha value is -0.540. The number of nitrogens with zero attached hydrogens (tertiary/aromatic N) is 1. The molecule has 0 radical (unpaired) electrons.